The van der Waals surface area contributed by atoms with Crippen molar-refractivity contribution in [3.05, 3.63) is 29.8 Å². The molecule has 1 aromatic rings. The van der Waals surface area contributed by atoms with Gasteiger partial charge in [-0.25, -0.2) is 0 Å². The zero-order chi connectivity index (χ0) is 16.6. The van der Waals surface area contributed by atoms with Gasteiger partial charge in [-0.15, -0.1) is 0 Å². The minimum Gasteiger partial charge on any atom is -0.374 e. The fourth-order valence-electron chi connectivity index (χ4n) is 3.68. The summed E-state index contributed by atoms with van der Waals surface area (Å²) in [6, 6.07) is 8.07. The van der Waals surface area contributed by atoms with Crippen LogP contribution in [0.15, 0.2) is 24.3 Å². The largest absolute Gasteiger partial charge is 0.374 e. The van der Waals surface area contributed by atoms with Crippen molar-refractivity contribution >= 4 is 11.6 Å². The molecule has 2 fully saturated rings. The molecule has 4 nitrogen and oxygen atoms in total. The third-order valence-corrected chi connectivity index (χ3v) is 5.26. The fraction of sp³-hybridized carbons (Fsp3) is 0.650. The van der Waals surface area contributed by atoms with Gasteiger partial charge >= 0.3 is 0 Å². The van der Waals surface area contributed by atoms with Gasteiger partial charge in [0.15, 0.2) is 0 Å². The van der Waals surface area contributed by atoms with Crippen LogP contribution in [-0.4, -0.2) is 25.1 Å². The summed E-state index contributed by atoms with van der Waals surface area (Å²) >= 11 is 0. The predicted octanol–water partition coefficient (Wildman–Crippen LogP) is 3.86. The topological polar surface area (TPSA) is 50.4 Å². The quantitative estimate of drug-likeness (QED) is 0.798. The van der Waals surface area contributed by atoms with E-state index in [2.05, 4.69) is 22.8 Å². The van der Waals surface area contributed by atoms with Crippen molar-refractivity contribution in [2.45, 2.75) is 64.1 Å². The van der Waals surface area contributed by atoms with Crippen molar-refractivity contribution in [3.8, 4) is 0 Å². The molecule has 24 heavy (non-hydrogen) atoms. The molecule has 0 radical (unpaired) electrons. The minimum absolute atomic E-state index is 0.128. The Balaban J connectivity index is 1.37. The van der Waals surface area contributed by atoms with Crippen molar-refractivity contribution in [1.82, 2.24) is 5.32 Å². The van der Waals surface area contributed by atoms with Crippen LogP contribution in [0.2, 0.25) is 0 Å². The number of amides is 1. The monoisotopic (exact) mass is 330 g/mol. The van der Waals surface area contributed by atoms with Gasteiger partial charge in [0.25, 0.3) is 0 Å². The molecular formula is C20H30N2O2. The summed E-state index contributed by atoms with van der Waals surface area (Å²) in [5, 5.41) is 6.38. The average Bonchev–Trinajstić information content (AvgIpc) is 3.14. The number of nitrogens with one attached hydrogen (secondary N) is 2. The Morgan fingerprint density at radius 1 is 1.08 bits per heavy atom. The molecule has 2 aliphatic rings. The normalized spacial score (nSPS) is 19.5. The lowest BCUT2D eigenvalue weighted by Gasteiger charge is -2.22. The third kappa shape index (κ3) is 5.60. The number of rotatable bonds is 7. The first-order valence-electron chi connectivity index (χ1n) is 9.51. The van der Waals surface area contributed by atoms with Gasteiger partial charge in [0.2, 0.25) is 5.91 Å². The van der Waals surface area contributed by atoms with Gasteiger partial charge in [0.1, 0.15) is 0 Å². The number of piperidine rings is 1. The van der Waals surface area contributed by atoms with Crippen LogP contribution in [0.4, 0.5) is 5.69 Å². The maximum absolute atomic E-state index is 12.1. The number of ether oxygens (including phenoxy) is 1. The molecule has 0 unspecified atom stereocenters. The molecule has 0 bridgehead atoms. The van der Waals surface area contributed by atoms with E-state index in [0.717, 1.165) is 25.2 Å². The molecule has 3 rings (SSSR count). The Hall–Kier alpha value is -1.39. The summed E-state index contributed by atoms with van der Waals surface area (Å²) in [6.45, 7) is 2.86. The van der Waals surface area contributed by atoms with Crippen molar-refractivity contribution in [2.75, 3.05) is 18.4 Å². The van der Waals surface area contributed by atoms with Crippen LogP contribution in [0.3, 0.4) is 0 Å². The van der Waals surface area contributed by atoms with E-state index < -0.39 is 0 Å². The number of anilines is 1. The maximum Gasteiger partial charge on any atom is 0.224 e. The fourth-order valence-corrected chi connectivity index (χ4v) is 3.68. The van der Waals surface area contributed by atoms with Crippen molar-refractivity contribution in [2.24, 2.45) is 5.92 Å². The third-order valence-electron chi connectivity index (χ3n) is 5.26. The highest BCUT2D eigenvalue weighted by atomic mass is 16.5. The molecule has 1 saturated carbocycles. The molecule has 1 aliphatic carbocycles. The van der Waals surface area contributed by atoms with Gasteiger partial charge in [-0.2, -0.15) is 0 Å². The second-order valence-electron chi connectivity index (χ2n) is 7.19. The van der Waals surface area contributed by atoms with E-state index in [0.29, 0.717) is 25.0 Å². The van der Waals surface area contributed by atoms with Gasteiger partial charge < -0.3 is 15.4 Å². The van der Waals surface area contributed by atoms with Gasteiger partial charge in [-0.05, 0) is 68.8 Å². The molecule has 1 aromatic carbocycles. The first-order chi connectivity index (χ1) is 11.8. The average molecular weight is 330 g/mol. The van der Waals surface area contributed by atoms with Crippen LogP contribution in [0.1, 0.15) is 56.9 Å². The summed E-state index contributed by atoms with van der Waals surface area (Å²) < 4.78 is 5.92. The van der Waals surface area contributed by atoms with Crippen LogP contribution in [-0.2, 0) is 16.1 Å². The number of benzene rings is 1. The predicted molar refractivity (Wildman–Crippen MR) is 96.9 cm³/mol. The Labute approximate surface area is 145 Å². The molecule has 1 aliphatic heterocycles. The molecule has 4 heteroatoms. The first kappa shape index (κ1) is 17.4. The maximum atomic E-state index is 12.1. The number of hydrogen-bond donors (Lipinski definition) is 2. The summed E-state index contributed by atoms with van der Waals surface area (Å²) in [4.78, 5) is 12.1. The molecule has 0 aromatic heterocycles. The van der Waals surface area contributed by atoms with Gasteiger partial charge in [0.05, 0.1) is 12.7 Å². The second kappa shape index (κ2) is 9.19. The molecular weight excluding hydrogens is 300 g/mol. The molecule has 1 heterocycles. The van der Waals surface area contributed by atoms with Gasteiger partial charge in [-0.3, -0.25) is 4.79 Å². The number of carbonyl (C=O) groups excluding carboxylic acids is 1. The zero-order valence-electron chi connectivity index (χ0n) is 14.6. The standard InChI is InChI=1S/C20H30N2O2/c23-20(10-7-16-11-13-21-14-12-16)22-18-8-5-17(6-9-18)15-24-19-3-1-2-4-19/h5-6,8-9,16,19,21H,1-4,7,10-15H2,(H,22,23). The minimum atomic E-state index is 0.128. The Kier molecular flexibility index (Phi) is 6.67. The molecule has 2 N–H and O–H groups in total. The molecule has 0 atom stereocenters. The van der Waals surface area contributed by atoms with Gasteiger partial charge in [-0.1, -0.05) is 25.0 Å². The summed E-state index contributed by atoms with van der Waals surface area (Å²) in [5.41, 5.74) is 2.06. The Morgan fingerprint density at radius 2 is 1.79 bits per heavy atom. The highest BCUT2D eigenvalue weighted by Gasteiger charge is 2.16. The molecule has 132 valence electrons. The van der Waals surface area contributed by atoms with Crippen molar-refractivity contribution < 1.29 is 9.53 Å². The first-order valence-corrected chi connectivity index (χ1v) is 9.51. The van der Waals surface area contributed by atoms with Crippen LogP contribution in [0.5, 0.6) is 0 Å². The summed E-state index contributed by atoms with van der Waals surface area (Å²) in [5.74, 6) is 0.829. The summed E-state index contributed by atoms with van der Waals surface area (Å²) in [6.07, 6.45) is 9.46. The van der Waals surface area contributed by atoms with E-state index >= 15 is 0 Å². The molecule has 1 saturated heterocycles. The Morgan fingerprint density at radius 3 is 2.50 bits per heavy atom. The highest BCUT2D eigenvalue weighted by molar-refractivity contribution is 5.90. The molecule has 0 spiro atoms. The van der Waals surface area contributed by atoms with E-state index in [1.807, 2.05) is 12.1 Å². The smallest absolute Gasteiger partial charge is 0.224 e. The Bertz CT molecular complexity index is 503. The number of hydrogen-bond acceptors (Lipinski definition) is 3. The van der Waals surface area contributed by atoms with E-state index in [1.54, 1.807) is 0 Å². The van der Waals surface area contributed by atoms with Crippen LogP contribution < -0.4 is 10.6 Å². The van der Waals surface area contributed by atoms with Crippen LogP contribution >= 0.6 is 0 Å². The van der Waals surface area contributed by atoms with Gasteiger partial charge in [0, 0.05) is 12.1 Å². The summed E-state index contributed by atoms with van der Waals surface area (Å²) in [7, 11) is 0. The van der Waals surface area contributed by atoms with Crippen molar-refractivity contribution in [1.29, 1.82) is 0 Å². The SMILES string of the molecule is O=C(CCC1CCNCC1)Nc1ccc(COC2CCCC2)cc1. The van der Waals surface area contributed by atoms with Crippen LogP contribution in [0, 0.1) is 5.92 Å². The zero-order valence-corrected chi connectivity index (χ0v) is 14.6. The second-order valence-corrected chi connectivity index (χ2v) is 7.19. The van der Waals surface area contributed by atoms with E-state index in [-0.39, 0.29) is 5.91 Å². The van der Waals surface area contributed by atoms with Crippen LogP contribution in [0.25, 0.3) is 0 Å². The molecule has 1 amide bonds. The van der Waals surface area contributed by atoms with E-state index in [1.165, 1.54) is 44.1 Å². The lowest BCUT2D eigenvalue weighted by atomic mass is 9.93. The highest BCUT2D eigenvalue weighted by Crippen LogP contribution is 2.22. The van der Waals surface area contributed by atoms with E-state index in [4.69, 9.17) is 4.74 Å². The number of carbonyl (C=O) groups is 1. The van der Waals surface area contributed by atoms with Crippen molar-refractivity contribution in [3.63, 3.8) is 0 Å². The lowest BCUT2D eigenvalue weighted by molar-refractivity contribution is -0.116. The van der Waals surface area contributed by atoms with E-state index in [9.17, 15) is 4.79 Å². The lowest BCUT2D eigenvalue weighted by Crippen LogP contribution is -2.28.